The Morgan fingerprint density at radius 1 is 1.36 bits per heavy atom. The van der Waals surface area contributed by atoms with Crippen LogP contribution in [0.3, 0.4) is 0 Å². The molecule has 1 saturated carbocycles. The van der Waals surface area contributed by atoms with Gasteiger partial charge in [-0.25, -0.2) is 0 Å². The number of piperidine rings is 1. The molecule has 1 aliphatic carbocycles. The topological polar surface area (TPSA) is 63.4 Å². The summed E-state index contributed by atoms with van der Waals surface area (Å²) in [4.78, 5) is 26.1. The van der Waals surface area contributed by atoms with Crippen LogP contribution in [-0.4, -0.2) is 29.8 Å². The van der Waals surface area contributed by atoms with Gasteiger partial charge in [-0.1, -0.05) is 28.1 Å². The molecule has 2 aliphatic rings. The molecule has 2 amide bonds. The molecular weight excluding hydrogens is 344 g/mol. The third-order valence-electron chi connectivity index (χ3n) is 4.83. The zero-order chi connectivity index (χ0) is 15.7. The van der Waals surface area contributed by atoms with E-state index in [9.17, 15) is 9.59 Å². The van der Waals surface area contributed by atoms with E-state index in [4.69, 9.17) is 5.73 Å². The van der Waals surface area contributed by atoms with Crippen LogP contribution in [0.2, 0.25) is 0 Å². The van der Waals surface area contributed by atoms with Crippen molar-refractivity contribution in [2.24, 2.45) is 11.7 Å². The SMILES string of the molecule is NC(=O)CC1CCCN(C(=O)C2(c3cccc(Br)c3)CC2)C1. The number of hydrogen-bond donors (Lipinski definition) is 1. The molecule has 1 atom stereocenters. The van der Waals surface area contributed by atoms with Gasteiger partial charge in [-0.05, 0) is 49.3 Å². The molecule has 0 spiro atoms. The van der Waals surface area contributed by atoms with E-state index < -0.39 is 0 Å². The summed E-state index contributed by atoms with van der Waals surface area (Å²) in [5, 5.41) is 0. The van der Waals surface area contributed by atoms with Crippen molar-refractivity contribution in [2.75, 3.05) is 13.1 Å². The Balaban J connectivity index is 1.74. The van der Waals surface area contributed by atoms with Crippen LogP contribution in [0.5, 0.6) is 0 Å². The molecule has 0 aromatic heterocycles. The van der Waals surface area contributed by atoms with Crippen molar-refractivity contribution < 1.29 is 9.59 Å². The number of carbonyl (C=O) groups excluding carboxylic acids is 2. The van der Waals surface area contributed by atoms with Gasteiger partial charge in [0.05, 0.1) is 5.41 Å². The van der Waals surface area contributed by atoms with Crippen molar-refractivity contribution in [3.05, 3.63) is 34.3 Å². The van der Waals surface area contributed by atoms with Crippen LogP contribution in [0, 0.1) is 5.92 Å². The number of nitrogens with zero attached hydrogens (tertiary/aromatic N) is 1. The molecule has 1 saturated heterocycles. The Morgan fingerprint density at radius 2 is 2.14 bits per heavy atom. The largest absolute Gasteiger partial charge is 0.370 e. The van der Waals surface area contributed by atoms with E-state index in [1.54, 1.807) is 0 Å². The third-order valence-corrected chi connectivity index (χ3v) is 5.33. The van der Waals surface area contributed by atoms with Crippen LogP contribution in [0.1, 0.15) is 37.7 Å². The van der Waals surface area contributed by atoms with Crippen LogP contribution >= 0.6 is 15.9 Å². The molecule has 1 unspecified atom stereocenters. The fourth-order valence-corrected chi connectivity index (χ4v) is 3.94. The molecule has 1 aromatic carbocycles. The van der Waals surface area contributed by atoms with Gasteiger partial charge in [-0.3, -0.25) is 9.59 Å². The fourth-order valence-electron chi connectivity index (χ4n) is 3.54. The van der Waals surface area contributed by atoms with Gasteiger partial charge >= 0.3 is 0 Å². The third kappa shape index (κ3) is 3.05. The number of carbonyl (C=O) groups is 2. The smallest absolute Gasteiger partial charge is 0.233 e. The van der Waals surface area contributed by atoms with E-state index in [0.717, 1.165) is 42.3 Å². The lowest BCUT2D eigenvalue weighted by Gasteiger charge is -2.35. The molecule has 1 aromatic rings. The molecule has 0 radical (unpaired) electrons. The number of amides is 2. The van der Waals surface area contributed by atoms with Gasteiger partial charge in [0.2, 0.25) is 11.8 Å². The van der Waals surface area contributed by atoms with Crippen molar-refractivity contribution in [3.8, 4) is 0 Å². The summed E-state index contributed by atoms with van der Waals surface area (Å²) < 4.78 is 1.01. The summed E-state index contributed by atoms with van der Waals surface area (Å²) >= 11 is 3.49. The van der Waals surface area contributed by atoms with Crippen molar-refractivity contribution in [1.29, 1.82) is 0 Å². The first-order valence-electron chi connectivity index (χ1n) is 7.85. The highest BCUT2D eigenvalue weighted by Gasteiger charge is 2.53. The molecule has 2 N–H and O–H groups in total. The zero-order valence-corrected chi connectivity index (χ0v) is 14.1. The molecule has 2 fully saturated rings. The highest BCUT2D eigenvalue weighted by Crippen LogP contribution is 2.50. The molecule has 5 heteroatoms. The van der Waals surface area contributed by atoms with Crippen molar-refractivity contribution >= 4 is 27.7 Å². The average molecular weight is 365 g/mol. The van der Waals surface area contributed by atoms with E-state index in [2.05, 4.69) is 22.0 Å². The molecule has 3 rings (SSSR count). The summed E-state index contributed by atoms with van der Waals surface area (Å²) in [6.07, 6.45) is 4.15. The van der Waals surface area contributed by atoms with Crippen molar-refractivity contribution in [2.45, 2.75) is 37.5 Å². The van der Waals surface area contributed by atoms with Crippen LogP contribution in [0.15, 0.2) is 28.7 Å². The van der Waals surface area contributed by atoms with E-state index in [0.29, 0.717) is 13.0 Å². The van der Waals surface area contributed by atoms with Gasteiger partial charge in [0.1, 0.15) is 0 Å². The first-order valence-corrected chi connectivity index (χ1v) is 8.64. The van der Waals surface area contributed by atoms with Gasteiger partial charge in [-0.2, -0.15) is 0 Å². The van der Waals surface area contributed by atoms with Gasteiger partial charge in [0.25, 0.3) is 0 Å². The van der Waals surface area contributed by atoms with Crippen molar-refractivity contribution in [1.82, 2.24) is 4.90 Å². The Hall–Kier alpha value is -1.36. The highest BCUT2D eigenvalue weighted by atomic mass is 79.9. The Labute approximate surface area is 139 Å². The standard InChI is InChI=1S/C17H21BrN2O2/c18-14-5-1-4-13(10-14)17(6-7-17)16(22)20-8-2-3-12(11-20)9-15(19)21/h1,4-5,10,12H,2-3,6-9,11H2,(H2,19,21). The molecule has 118 valence electrons. The first kappa shape index (κ1) is 15.5. The van der Waals surface area contributed by atoms with E-state index in [1.165, 1.54) is 0 Å². The number of benzene rings is 1. The lowest BCUT2D eigenvalue weighted by Crippen LogP contribution is -2.45. The van der Waals surface area contributed by atoms with Gasteiger partial charge in [0, 0.05) is 24.0 Å². The summed E-state index contributed by atoms with van der Waals surface area (Å²) in [7, 11) is 0. The predicted molar refractivity (Wildman–Crippen MR) is 88.2 cm³/mol. The lowest BCUT2D eigenvalue weighted by molar-refractivity contribution is -0.136. The minimum absolute atomic E-state index is 0.216. The predicted octanol–water partition coefficient (Wildman–Crippen LogP) is 2.59. The van der Waals surface area contributed by atoms with E-state index in [-0.39, 0.29) is 23.1 Å². The molecule has 4 nitrogen and oxygen atoms in total. The molecule has 1 heterocycles. The maximum absolute atomic E-state index is 13.0. The maximum Gasteiger partial charge on any atom is 0.233 e. The molecule has 1 aliphatic heterocycles. The number of halogens is 1. The minimum atomic E-state index is -0.335. The number of hydrogen-bond acceptors (Lipinski definition) is 2. The molecular formula is C17H21BrN2O2. The zero-order valence-electron chi connectivity index (χ0n) is 12.6. The number of likely N-dealkylation sites (tertiary alicyclic amines) is 1. The summed E-state index contributed by atoms with van der Waals surface area (Å²) in [6, 6.07) is 8.06. The summed E-state index contributed by atoms with van der Waals surface area (Å²) in [5.41, 5.74) is 6.07. The average Bonchev–Trinajstić information content (AvgIpc) is 3.28. The van der Waals surface area contributed by atoms with Gasteiger partial charge < -0.3 is 10.6 Å². The summed E-state index contributed by atoms with van der Waals surface area (Å²) in [5.74, 6) is 0.167. The minimum Gasteiger partial charge on any atom is -0.370 e. The Kier molecular flexibility index (Phi) is 4.26. The second-order valence-electron chi connectivity index (χ2n) is 6.52. The molecule has 22 heavy (non-hydrogen) atoms. The summed E-state index contributed by atoms with van der Waals surface area (Å²) in [6.45, 7) is 1.46. The fraction of sp³-hybridized carbons (Fsp3) is 0.529. The number of rotatable bonds is 4. The van der Waals surface area contributed by atoms with Crippen LogP contribution in [0.4, 0.5) is 0 Å². The number of primary amides is 1. The lowest BCUT2D eigenvalue weighted by atomic mass is 9.90. The van der Waals surface area contributed by atoms with Gasteiger partial charge in [-0.15, -0.1) is 0 Å². The van der Waals surface area contributed by atoms with Crippen molar-refractivity contribution in [3.63, 3.8) is 0 Å². The second kappa shape index (κ2) is 6.03. The monoisotopic (exact) mass is 364 g/mol. The normalized spacial score (nSPS) is 23.1. The van der Waals surface area contributed by atoms with E-state index in [1.807, 2.05) is 23.1 Å². The second-order valence-corrected chi connectivity index (χ2v) is 7.44. The highest BCUT2D eigenvalue weighted by molar-refractivity contribution is 9.10. The quantitative estimate of drug-likeness (QED) is 0.892. The maximum atomic E-state index is 13.0. The van der Waals surface area contributed by atoms with Crippen LogP contribution < -0.4 is 5.73 Å². The Morgan fingerprint density at radius 3 is 2.77 bits per heavy atom. The van der Waals surface area contributed by atoms with Gasteiger partial charge in [0.15, 0.2) is 0 Å². The van der Waals surface area contributed by atoms with Crippen LogP contribution in [0.25, 0.3) is 0 Å². The Bertz CT molecular complexity index is 598. The molecule has 0 bridgehead atoms. The first-order chi connectivity index (χ1) is 10.5. The number of nitrogens with two attached hydrogens (primary N) is 1. The van der Waals surface area contributed by atoms with E-state index >= 15 is 0 Å². The van der Waals surface area contributed by atoms with Crippen LogP contribution in [-0.2, 0) is 15.0 Å².